The molecule has 2 amide bonds. The largest absolute Gasteiger partial charge is 0.486 e. The molecule has 7 nitrogen and oxygen atoms in total. The molecule has 0 saturated carbocycles. The van der Waals surface area contributed by atoms with E-state index >= 15 is 0 Å². The number of rotatable bonds is 4. The van der Waals surface area contributed by atoms with Gasteiger partial charge < -0.3 is 20.1 Å². The molecule has 29 heavy (non-hydrogen) atoms. The Morgan fingerprint density at radius 3 is 2.45 bits per heavy atom. The zero-order valence-corrected chi connectivity index (χ0v) is 15.8. The fourth-order valence-electron chi connectivity index (χ4n) is 2.94. The summed E-state index contributed by atoms with van der Waals surface area (Å²) in [7, 11) is 0. The molecule has 1 aliphatic rings. The highest BCUT2D eigenvalue weighted by Gasteiger charge is 2.15. The third-order valence-electron chi connectivity index (χ3n) is 4.33. The molecule has 0 aliphatic carbocycles. The topological polar surface area (TPSA) is 89.6 Å². The Balaban J connectivity index is 1.47. The lowest BCUT2D eigenvalue weighted by Crippen LogP contribution is -2.18. The predicted octanol–water partition coefficient (Wildman–Crippen LogP) is 3.67. The van der Waals surface area contributed by atoms with Gasteiger partial charge >= 0.3 is 0 Å². The molecule has 0 bridgehead atoms. The highest BCUT2D eigenvalue weighted by atomic mass is 16.6. The maximum absolute atomic E-state index is 12.6. The molecule has 1 aromatic heterocycles. The van der Waals surface area contributed by atoms with Crippen molar-refractivity contribution in [2.45, 2.75) is 6.92 Å². The van der Waals surface area contributed by atoms with E-state index in [2.05, 4.69) is 15.6 Å². The van der Waals surface area contributed by atoms with E-state index in [1.165, 1.54) is 12.3 Å². The molecule has 0 radical (unpaired) electrons. The standard InChI is InChI=1S/C22H19N3O4/c1-14-3-2-4-16(11-14)25-22(27)18-12-15(7-8-23-18)21(26)24-17-5-6-19-20(13-17)29-10-9-28-19/h2-8,11-13H,9-10H2,1H3,(H,24,26)(H,25,27). The van der Waals surface area contributed by atoms with Crippen LogP contribution in [-0.4, -0.2) is 30.0 Å². The van der Waals surface area contributed by atoms with Gasteiger partial charge in [-0.2, -0.15) is 0 Å². The number of aromatic nitrogens is 1. The van der Waals surface area contributed by atoms with E-state index in [-0.39, 0.29) is 17.5 Å². The summed E-state index contributed by atoms with van der Waals surface area (Å²) >= 11 is 0. The molecule has 0 spiro atoms. The minimum Gasteiger partial charge on any atom is -0.486 e. The third kappa shape index (κ3) is 4.35. The van der Waals surface area contributed by atoms with Crippen LogP contribution in [0.5, 0.6) is 11.5 Å². The molecule has 2 heterocycles. The van der Waals surface area contributed by atoms with Crippen LogP contribution in [0.15, 0.2) is 60.8 Å². The Hall–Kier alpha value is -3.87. The molecule has 4 rings (SSSR count). The van der Waals surface area contributed by atoms with E-state index < -0.39 is 0 Å². The number of nitrogens with one attached hydrogen (secondary N) is 2. The summed E-state index contributed by atoms with van der Waals surface area (Å²) in [4.78, 5) is 29.2. The second-order valence-electron chi connectivity index (χ2n) is 6.57. The second-order valence-corrected chi connectivity index (χ2v) is 6.57. The number of hydrogen-bond donors (Lipinski definition) is 2. The number of carbonyl (C=O) groups is 2. The number of nitrogens with zero attached hydrogens (tertiary/aromatic N) is 1. The molecule has 2 N–H and O–H groups in total. The molecular formula is C22H19N3O4. The van der Waals surface area contributed by atoms with Crippen LogP contribution in [0.3, 0.4) is 0 Å². The van der Waals surface area contributed by atoms with Crippen molar-refractivity contribution in [3.8, 4) is 11.5 Å². The van der Waals surface area contributed by atoms with Gasteiger partial charge in [0.1, 0.15) is 18.9 Å². The fourth-order valence-corrected chi connectivity index (χ4v) is 2.94. The van der Waals surface area contributed by atoms with Crippen molar-refractivity contribution >= 4 is 23.2 Å². The molecular weight excluding hydrogens is 370 g/mol. The Morgan fingerprint density at radius 2 is 1.62 bits per heavy atom. The van der Waals surface area contributed by atoms with E-state index in [0.29, 0.717) is 41.7 Å². The first-order valence-electron chi connectivity index (χ1n) is 9.13. The van der Waals surface area contributed by atoms with Crippen LogP contribution in [0.2, 0.25) is 0 Å². The van der Waals surface area contributed by atoms with Crippen molar-refractivity contribution in [2.75, 3.05) is 23.8 Å². The molecule has 0 fully saturated rings. The molecule has 0 atom stereocenters. The van der Waals surface area contributed by atoms with Crippen LogP contribution < -0.4 is 20.1 Å². The number of anilines is 2. The van der Waals surface area contributed by atoms with Gasteiger partial charge in [0.2, 0.25) is 0 Å². The third-order valence-corrected chi connectivity index (χ3v) is 4.33. The number of ether oxygens (including phenoxy) is 2. The second kappa shape index (κ2) is 8.02. The quantitative estimate of drug-likeness (QED) is 0.711. The zero-order chi connectivity index (χ0) is 20.2. The highest BCUT2D eigenvalue weighted by Crippen LogP contribution is 2.32. The molecule has 2 aromatic carbocycles. The molecule has 7 heteroatoms. The van der Waals surface area contributed by atoms with Crippen LogP contribution in [0, 0.1) is 6.92 Å². The number of amides is 2. The van der Waals surface area contributed by atoms with E-state index in [1.807, 2.05) is 25.1 Å². The van der Waals surface area contributed by atoms with E-state index in [0.717, 1.165) is 5.56 Å². The van der Waals surface area contributed by atoms with Gasteiger partial charge in [-0.05, 0) is 48.9 Å². The zero-order valence-electron chi connectivity index (χ0n) is 15.8. The van der Waals surface area contributed by atoms with Crippen LogP contribution in [0.25, 0.3) is 0 Å². The van der Waals surface area contributed by atoms with Gasteiger partial charge in [-0.15, -0.1) is 0 Å². The van der Waals surface area contributed by atoms with Crippen molar-refractivity contribution in [3.05, 3.63) is 77.6 Å². The van der Waals surface area contributed by atoms with Crippen LogP contribution in [0.4, 0.5) is 11.4 Å². The number of fused-ring (bicyclic) bond motifs is 1. The summed E-state index contributed by atoms with van der Waals surface area (Å²) in [6, 6.07) is 15.6. The SMILES string of the molecule is Cc1cccc(NC(=O)c2cc(C(=O)Nc3ccc4c(c3)OCCO4)ccn2)c1. The lowest BCUT2D eigenvalue weighted by Gasteiger charge is -2.19. The monoisotopic (exact) mass is 389 g/mol. The summed E-state index contributed by atoms with van der Waals surface area (Å²) < 4.78 is 11.0. The van der Waals surface area contributed by atoms with Gasteiger partial charge in [-0.3, -0.25) is 14.6 Å². The van der Waals surface area contributed by atoms with Gasteiger partial charge in [0.25, 0.3) is 11.8 Å². The van der Waals surface area contributed by atoms with E-state index in [4.69, 9.17) is 9.47 Å². The minimum absolute atomic E-state index is 0.154. The maximum Gasteiger partial charge on any atom is 0.274 e. The predicted molar refractivity (Wildman–Crippen MR) is 109 cm³/mol. The normalized spacial score (nSPS) is 12.2. The van der Waals surface area contributed by atoms with Crippen LogP contribution in [-0.2, 0) is 0 Å². The lowest BCUT2D eigenvalue weighted by molar-refractivity contribution is 0.102. The first-order valence-corrected chi connectivity index (χ1v) is 9.13. The summed E-state index contributed by atoms with van der Waals surface area (Å²) in [6.45, 7) is 2.91. The number of benzene rings is 2. The van der Waals surface area contributed by atoms with Crippen molar-refractivity contribution in [3.63, 3.8) is 0 Å². The first-order chi connectivity index (χ1) is 14.1. The molecule has 0 saturated heterocycles. The maximum atomic E-state index is 12.6. The summed E-state index contributed by atoms with van der Waals surface area (Å²) in [5.41, 5.74) is 2.75. The fraction of sp³-hybridized carbons (Fsp3) is 0.136. The van der Waals surface area contributed by atoms with Gasteiger partial charge in [0.05, 0.1) is 0 Å². The Labute approximate surface area is 167 Å². The molecule has 1 aliphatic heterocycles. The number of pyridine rings is 1. The van der Waals surface area contributed by atoms with E-state index in [1.54, 1.807) is 30.3 Å². The van der Waals surface area contributed by atoms with Crippen molar-refractivity contribution in [1.82, 2.24) is 4.98 Å². The van der Waals surface area contributed by atoms with Gasteiger partial charge in [-0.1, -0.05) is 12.1 Å². The van der Waals surface area contributed by atoms with Gasteiger partial charge in [0.15, 0.2) is 11.5 Å². The van der Waals surface area contributed by atoms with E-state index in [9.17, 15) is 9.59 Å². The van der Waals surface area contributed by atoms with Crippen LogP contribution >= 0.6 is 0 Å². The smallest absolute Gasteiger partial charge is 0.274 e. The van der Waals surface area contributed by atoms with Crippen molar-refractivity contribution in [2.24, 2.45) is 0 Å². The Bertz CT molecular complexity index is 1080. The Kier molecular flexibility index (Phi) is 5.11. The molecule has 146 valence electrons. The number of carbonyl (C=O) groups excluding carboxylic acids is 2. The van der Waals surface area contributed by atoms with Crippen molar-refractivity contribution in [1.29, 1.82) is 0 Å². The average Bonchev–Trinajstić information content (AvgIpc) is 2.74. The number of hydrogen-bond acceptors (Lipinski definition) is 5. The van der Waals surface area contributed by atoms with Crippen LogP contribution in [0.1, 0.15) is 26.4 Å². The number of aryl methyl sites for hydroxylation is 1. The highest BCUT2D eigenvalue weighted by molar-refractivity contribution is 6.07. The average molecular weight is 389 g/mol. The van der Waals surface area contributed by atoms with Gasteiger partial charge in [0, 0.05) is 29.2 Å². The lowest BCUT2D eigenvalue weighted by atomic mass is 10.2. The molecule has 3 aromatic rings. The summed E-state index contributed by atoms with van der Waals surface area (Å²) in [6.07, 6.45) is 1.43. The molecule has 0 unspecified atom stereocenters. The van der Waals surface area contributed by atoms with Crippen molar-refractivity contribution < 1.29 is 19.1 Å². The first kappa shape index (κ1) is 18.5. The summed E-state index contributed by atoms with van der Waals surface area (Å²) in [5, 5.41) is 5.58. The minimum atomic E-state index is -0.385. The Morgan fingerprint density at radius 1 is 0.862 bits per heavy atom. The summed E-state index contributed by atoms with van der Waals surface area (Å²) in [5.74, 6) is 0.494. The van der Waals surface area contributed by atoms with Gasteiger partial charge in [-0.25, -0.2) is 0 Å².